The third kappa shape index (κ3) is 5.85. The molecule has 1 aliphatic rings. The summed E-state index contributed by atoms with van der Waals surface area (Å²) in [7, 11) is 1.46. The van der Waals surface area contributed by atoms with E-state index in [0.29, 0.717) is 19.1 Å². The highest BCUT2D eigenvalue weighted by Crippen LogP contribution is 2.24. The zero-order valence-corrected chi connectivity index (χ0v) is 18.6. The number of rotatable bonds is 9. The molecule has 8 heteroatoms. The molecule has 33 heavy (non-hydrogen) atoms. The molecule has 2 heterocycles. The van der Waals surface area contributed by atoms with Crippen molar-refractivity contribution in [3.05, 3.63) is 66.9 Å². The van der Waals surface area contributed by atoms with Crippen LogP contribution in [0.25, 0.3) is 16.9 Å². The number of anilines is 1. The Hall–Kier alpha value is -3.49. The highest BCUT2D eigenvalue weighted by molar-refractivity contribution is 5.94. The Balaban J connectivity index is 1.55. The fourth-order valence-corrected chi connectivity index (χ4v) is 3.84. The van der Waals surface area contributed by atoms with Crippen molar-refractivity contribution in [1.82, 2.24) is 14.5 Å². The van der Waals surface area contributed by atoms with Crippen molar-refractivity contribution in [3.8, 4) is 16.9 Å². The second-order valence-electron chi connectivity index (χ2n) is 7.91. The van der Waals surface area contributed by atoms with E-state index in [1.165, 1.54) is 12.0 Å². The van der Waals surface area contributed by atoms with Crippen LogP contribution >= 0.6 is 0 Å². The molecular formula is C25H28N4O4. The summed E-state index contributed by atoms with van der Waals surface area (Å²) in [5.41, 5.74) is 2.55. The fourth-order valence-electron chi connectivity index (χ4n) is 3.84. The largest absolute Gasteiger partial charge is 0.376 e. The number of methoxy groups -OCH3 is 1. The van der Waals surface area contributed by atoms with Crippen molar-refractivity contribution in [1.29, 1.82) is 0 Å². The Labute approximate surface area is 193 Å². The maximum atomic E-state index is 13.0. The molecule has 4 rings (SSSR count). The summed E-state index contributed by atoms with van der Waals surface area (Å²) >= 11 is 0. The van der Waals surface area contributed by atoms with Crippen molar-refractivity contribution in [2.75, 3.05) is 38.7 Å². The molecule has 0 unspecified atom stereocenters. The molecule has 0 aliphatic carbocycles. The lowest BCUT2D eigenvalue weighted by molar-refractivity contribution is -0.139. The molecule has 2 amide bonds. The van der Waals surface area contributed by atoms with Crippen LogP contribution in [0.3, 0.4) is 0 Å². The average Bonchev–Trinajstić information content (AvgIpc) is 3.50. The Morgan fingerprint density at radius 2 is 1.88 bits per heavy atom. The van der Waals surface area contributed by atoms with E-state index in [1.54, 1.807) is 0 Å². The number of nitrogens with zero attached hydrogens (tertiary/aromatic N) is 3. The number of carbonyl (C=O) groups is 2. The molecule has 1 atom stereocenters. The van der Waals surface area contributed by atoms with Gasteiger partial charge in [0.05, 0.1) is 11.8 Å². The van der Waals surface area contributed by atoms with E-state index in [2.05, 4.69) is 10.3 Å². The van der Waals surface area contributed by atoms with Gasteiger partial charge in [-0.05, 0) is 25.0 Å². The van der Waals surface area contributed by atoms with E-state index < -0.39 is 0 Å². The van der Waals surface area contributed by atoms with Gasteiger partial charge in [-0.3, -0.25) is 19.5 Å². The summed E-state index contributed by atoms with van der Waals surface area (Å²) in [5, 5.41) is 2.89. The van der Waals surface area contributed by atoms with Crippen molar-refractivity contribution < 1.29 is 19.1 Å². The minimum absolute atomic E-state index is 0.0606. The van der Waals surface area contributed by atoms with E-state index in [0.717, 1.165) is 29.8 Å². The summed E-state index contributed by atoms with van der Waals surface area (Å²) < 4.78 is 12.5. The summed E-state index contributed by atoms with van der Waals surface area (Å²) in [6, 6.07) is 19.4. The zero-order chi connectivity index (χ0) is 23.0. The number of para-hydroxylation sites is 1. The number of hydrogen-bond acceptors (Lipinski definition) is 5. The van der Waals surface area contributed by atoms with Crippen LogP contribution in [0, 0.1) is 0 Å². The highest BCUT2D eigenvalue weighted by Gasteiger charge is 2.25. The van der Waals surface area contributed by atoms with Gasteiger partial charge in [-0.2, -0.15) is 0 Å². The van der Waals surface area contributed by atoms with Gasteiger partial charge in [-0.1, -0.05) is 48.5 Å². The van der Waals surface area contributed by atoms with Crippen LogP contribution in [-0.4, -0.2) is 65.8 Å². The SMILES string of the molecule is COCC(=O)N(CC(=O)Nc1nc(-c2ccccc2)cn1-c1ccccc1)C[C@H]1CCCO1. The number of imidazole rings is 1. The molecule has 0 saturated carbocycles. The van der Waals surface area contributed by atoms with Gasteiger partial charge in [0.2, 0.25) is 17.8 Å². The standard InChI is InChI=1S/C25H28N4O4/c1-32-18-24(31)28(15-21-13-8-14-33-21)17-23(30)27-25-26-22(19-9-4-2-5-10-19)16-29(25)20-11-6-3-7-12-20/h2-7,9-12,16,21H,8,13-15,17-18H2,1H3,(H,26,27,30)/t21-/m1/s1. The van der Waals surface area contributed by atoms with Crippen molar-refractivity contribution in [2.45, 2.75) is 18.9 Å². The van der Waals surface area contributed by atoms with Crippen LogP contribution in [0.2, 0.25) is 0 Å². The second kappa shape index (κ2) is 10.9. The molecule has 1 aromatic heterocycles. The van der Waals surface area contributed by atoms with Gasteiger partial charge in [0, 0.05) is 37.7 Å². The van der Waals surface area contributed by atoms with Gasteiger partial charge in [0.1, 0.15) is 13.2 Å². The molecule has 1 fully saturated rings. The zero-order valence-electron chi connectivity index (χ0n) is 18.6. The second-order valence-corrected chi connectivity index (χ2v) is 7.91. The van der Waals surface area contributed by atoms with Gasteiger partial charge in [0.15, 0.2) is 0 Å². The molecule has 2 aromatic carbocycles. The first-order valence-electron chi connectivity index (χ1n) is 11.0. The van der Waals surface area contributed by atoms with Crippen molar-refractivity contribution in [2.24, 2.45) is 0 Å². The van der Waals surface area contributed by atoms with E-state index in [9.17, 15) is 9.59 Å². The van der Waals surface area contributed by atoms with Gasteiger partial charge in [-0.15, -0.1) is 0 Å². The average molecular weight is 449 g/mol. The topological polar surface area (TPSA) is 85.7 Å². The maximum absolute atomic E-state index is 13.0. The quantitative estimate of drug-likeness (QED) is 0.544. The molecule has 172 valence electrons. The monoisotopic (exact) mass is 448 g/mol. The lowest BCUT2D eigenvalue weighted by atomic mass is 10.2. The Bertz CT molecular complexity index is 1060. The first-order valence-corrected chi connectivity index (χ1v) is 11.0. The van der Waals surface area contributed by atoms with Crippen LogP contribution in [0.15, 0.2) is 66.9 Å². The summed E-state index contributed by atoms with van der Waals surface area (Å²) in [5.74, 6) is -0.194. The molecule has 3 aromatic rings. The molecule has 8 nitrogen and oxygen atoms in total. The summed E-state index contributed by atoms with van der Waals surface area (Å²) in [4.78, 5) is 31.7. The third-order valence-corrected chi connectivity index (χ3v) is 5.46. The number of aromatic nitrogens is 2. The lowest BCUT2D eigenvalue weighted by Crippen LogP contribution is -2.44. The predicted molar refractivity (Wildman–Crippen MR) is 125 cm³/mol. The molecular weight excluding hydrogens is 420 g/mol. The number of nitrogens with one attached hydrogen (secondary N) is 1. The van der Waals surface area contributed by atoms with E-state index in [1.807, 2.05) is 71.4 Å². The van der Waals surface area contributed by atoms with E-state index in [-0.39, 0.29) is 31.1 Å². The molecule has 0 bridgehead atoms. The van der Waals surface area contributed by atoms with Crippen molar-refractivity contribution >= 4 is 17.8 Å². The number of amides is 2. The van der Waals surface area contributed by atoms with Gasteiger partial charge in [0.25, 0.3) is 0 Å². The van der Waals surface area contributed by atoms with Crippen LogP contribution in [0.5, 0.6) is 0 Å². The highest BCUT2D eigenvalue weighted by atomic mass is 16.5. The summed E-state index contributed by atoms with van der Waals surface area (Å²) in [6.07, 6.45) is 3.66. The minimum atomic E-state index is -0.333. The molecule has 1 aliphatic heterocycles. The van der Waals surface area contributed by atoms with Crippen LogP contribution < -0.4 is 5.32 Å². The Morgan fingerprint density at radius 1 is 1.15 bits per heavy atom. The normalized spacial score (nSPS) is 15.4. The Morgan fingerprint density at radius 3 is 2.55 bits per heavy atom. The number of ether oxygens (including phenoxy) is 2. The fraction of sp³-hybridized carbons (Fsp3) is 0.320. The number of carbonyl (C=O) groups excluding carboxylic acids is 2. The number of hydrogen-bond donors (Lipinski definition) is 1. The summed E-state index contributed by atoms with van der Waals surface area (Å²) in [6.45, 7) is 0.846. The predicted octanol–water partition coefficient (Wildman–Crippen LogP) is 3.13. The van der Waals surface area contributed by atoms with Crippen LogP contribution in [-0.2, 0) is 19.1 Å². The van der Waals surface area contributed by atoms with Gasteiger partial charge >= 0.3 is 0 Å². The first kappa shape index (κ1) is 22.7. The molecule has 1 N–H and O–H groups in total. The third-order valence-electron chi connectivity index (χ3n) is 5.46. The molecule has 0 radical (unpaired) electrons. The maximum Gasteiger partial charge on any atom is 0.249 e. The van der Waals surface area contributed by atoms with E-state index >= 15 is 0 Å². The Kier molecular flexibility index (Phi) is 7.49. The van der Waals surface area contributed by atoms with E-state index in [4.69, 9.17) is 9.47 Å². The van der Waals surface area contributed by atoms with Crippen molar-refractivity contribution in [3.63, 3.8) is 0 Å². The lowest BCUT2D eigenvalue weighted by Gasteiger charge is -2.24. The minimum Gasteiger partial charge on any atom is -0.376 e. The molecule has 0 spiro atoms. The van der Waals surface area contributed by atoms with Crippen LogP contribution in [0.1, 0.15) is 12.8 Å². The van der Waals surface area contributed by atoms with Crippen LogP contribution in [0.4, 0.5) is 5.95 Å². The van der Waals surface area contributed by atoms with Gasteiger partial charge < -0.3 is 14.4 Å². The first-order chi connectivity index (χ1) is 16.1. The molecule has 1 saturated heterocycles. The smallest absolute Gasteiger partial charge is 0.249 e. The number of benzene rings is 2. The van der Waals surface area contributed by atoms with Gasteiger partial charge in [-0.25, -0.2) is 4.98 Å².